The van der Waals surface area contributed by atoms with Crippen LogP contribution in [0, 0.1) is 27.7 Å². The number of Topliss-reactive ketones (excluding diaryl/α,β-unsaturated/α-hetero) is 1. The van der Waals surface area contributed by atoms with Crippen molar-refractivity contribution in [1.29, 1.82) is 0 Å². The number of carbonyl (C=O) groups excluding carboxylic acids is 3. The fourth-order valence-electron chi connectivity index (χ4n) is 4.20. The largest absolute Gasteiger partial charge is 0.462 e. The third kappa shape index (κ3) is 4.33. The van der Waals surface area contributed by atoms with Gasteiger partial charge < -0.3 is 9.15 Å². The smallest absolute Gasteiger partial charge is 0.344 e. The molecule has 1 aromatic carbocycles. The molecule has 8 heteroatoms. The lowest BCUT2D eigenvalue weighted by atomic mass is 10.0. The van der Waals surface area contributed by atoms with Crippen molar-refractivity contribution < 1.29 is 23.5 Å². The Bertz CT molecular complexity index is 1350. The van der Waals surface area contributed by atoms with Gasteiger partial charge in [-0.05, 0) is 65.7 Å². The van der Waals surface area contributed by atoms with E-state index in [4.69, 9.17) is 9.15 Å². The summed E-state index contributed by atoms with van der Waals surface area (Å²) in [6.45, 7) is 11.9. The Morgan fingerprint density at radius 1 is 1.06 bits per heavy atom. The highest BCUT2D eigenvalue weighted by Crippen LogP contribution is 2.30. The summed E-state index contributed by atoms with van der Waals surface area (Å²) in [5.41, 5.74) is 3.01. The van der Waals surface area contributed by atoms with Crippen LogP contribution in [0.3, 0.4) is 0 Å². The first-order chi connectivity index (χ1) is 15.5. The van der Waals surface area contributed by atoms with Gasteiger partial charge in [0.1, 0.15) is 17.4 Å². The molecule has 2 aromatic heterocycles. The quantitative estimate of drug-likeness (QED) is 0.439. The number of aryl methyl sites for hydroxylation is 4. The lowest BCUT2D eigenvalue weighted by Crippen LogP contribution is -2.32. The van der Waals surface area contributed by atoms with E-state index in [1.807, 2.05) is 32.9 Å². The van der Waals surface area contributed by atoms with Gasteiger partial charge >= 0.3 is 5.97 Å². The van der Waals surface area contributed by atoms with E-state index in [0.29, 0.717) is 5.52 Å². The van der Waals surface area contributed by atoms with E-state index in [-0.39, 0.29) is 40.7 Å². The SMILES string of the molecule is CCOC(=O)c1c(NC(=O)C(C)n2c(=O)cc(C)c3cc(C)cc(C)c32)oc(C)c1C(C)=O. The van der Waals surface area contributed by atoms with E-state index in [9.17, 15) is 19.2 Å². The summed E-state index contributed by atoms with van der Waals surface area (Å²) in [5.74, 6) is -1.72. The second kappa shape index (κ2) is 9.05. The van der Waals surface area contributed by atoms with E-state index in [1.165, 1.54) is 24.5 Å². The third-order valence-corrected chi connectivity index (χ3v) is 5.61. The van der Waals surface area contributed by atoms with Crippen LogP contribution in [0.5, 0.6) is 0 Å². The van der Waals surface area contributed by atoms with Crippen molar-refractivity contribution in [2.75, 3.05) is 11.9 Å². The van der Waals surface area contributed by atoms with E-state index < -0.39 is 17.9 Å². The second-order valence-corrected chi connectivity index (χ2v) is 8.19. The maximum absolute atomic E-state index is 13.2. The highest BCUT2D eigenvalue weighted by Gasteiger charge is 2.30. The number of hydrogen-bond donors (Lipinski definition) is 1. The van der Waals surface area contributed by atoms with Gasteiger partial charge in [0.2, 0.25) is 11.8 Å². The van der Waals surface area contributed by atoms with Crippen LogP contribution >= 0.6 is 0 Å². The van der Waals surface area contributed by atoms with Gasteiger partial charge in [0.05, 0.1) is 17.7 Å². The zero-order valence-electron chi connectivity index (χ0n) is 19.9. The van der Waals surface area contributed by atoms with Crippen LogP contribution in [0.1, 0.15) is 70.0 Å². The fraction of sp³-hybridized carbons (Fsp3) is 0.360. The number of ketones is 1. The van der Waals surface area contributed by atoms with E-state index >= 15 is 0 Å². The predicted octanol–water partition coefficient (Wildman–Crippen LogP) is 4.41. The number of pyridine rings is 1. The topological polar surface area (TPSA) is 108 Å². The Morgan fingerprint density at radius 2 is 1.73 bits per heavy atom. The van der Waals surface area contributed by atoms with Crippen LogP contribution in [0.25, 0.3) is 10.9 Å². The number of ether oxygens (including phenoxy) is 1. The minimum absolute atomic E-state index is 0.0562. The summed E-state index contributed by atoms with van der Waals surface area (Å²) < 4.78 is 12.1. The van der Waals surface area contributed by atoms with E-state index in [0.717, 1.165) is 22.1 Å². The Labute approximate surface area is 191 Å². The maximum Gasteiger partial charge on any atom is 0.344 e. The van der Waals surface area contributed by atoms with Crippen LogP contribution in [-0.2, 0) is 9.53 Å². The molecule has 8 nitrogen and oxygen atoms in total. The Kier molecular flexibility index (Phi) is 6.58. The standard InChI is InChI=1S/C25H28N2O6/c1-8-32-25(31)21-20(16(6)28)17(7)33-24(21)26-23(30)15(5)27-19(29)11-13(3)18-10-12(2)9-14(4)22(18)27/h9-11,15H,8H2,1-7H3,(H,26,30). The van der Waals surface area contributed by atoms with Crippen molar-refractivity contribution in [1.82, 2.24) is 4.57 Å². The lowest BCUT2D eigenvalue weighted by Gasteiger charge is -2.20. The lowest BCUT2D eigenvalue weighted by molar-refractivity contribution is -0.118. The van der Waals surface area contributed by atoms with Crippen molar-refractivity contribution in [3.63, 3.8) is 0 Å². The van der Waals surface area contributed by atoms with Gasteiger partial charge in [-0.15, -0.1) is 0 Å². The number of furan rings is 1. The van der Waals surface area contributed by atoms with Gasteiger partial charge in [-0.1, -0.05) is 11.6 Å². The highest BCUT2D eigenvalue weighted by molar-refractivity contribution is 6.11. The Morgan fingerprint density at radius 3 is 2.33 bits per heavy atom. The third-order valence-electron chi connectivity index (χ3n) is 5.61. The number of aromatic nitrogens is 1. The monoisotopic (exact) mass is 452 g/mol. The molecular weight excluding hydrogens is 424 g/mol. The second-order valence-electron chi connectivity index (χ2n) is 8.19. The molecule has 1 N–H and O–H groups in total. The zero-order chi connectivity index (χ0) is 24.6. The molecule has 0 radical (unpaired) electrons. The first-order valence-electron chi connectivity index (χ1n) is 10.7. The average Bonchev–Trinajstić information content (AvgIpc) is 3.04. The molecule has 0 fully saturated rings. The van der Waals surface area contributed by atoms with Crippen molar-refractivity contribution in [3.05, 3.63) is 62.1 Å². The molecule has 0 aliphatic rings. The summed E-state index contributed by atoms with van der Waals surface area (Å²) in [7, 11) is 0. The molecule has 0 spiro atoms. The normalized spacial score (nSPS) is 12.0. The number of carbonyl (C=O) groups is 3. The van der Waals surface area contributed by atoms with Gasteiger partial charge in [0.25, 0.3) is 5.56 Å². The first-order valence-corrected chi connectivity index (χ1v) is 10.7. The van der Waals surface area contributed by atoms with Crippen LogP contribution < -0.4 is 10.9 Å². The van der Waals surface area contributed by atoms with Crippen LogP contribution in [0.4, 0.5) is 5.88 Å². The minimum atomic E-state index is -0.928. The van der Waals surface area contributed by atoms with Gasteiger partial charge in [-0.2, -0.15) is 0 Å². The molecule has 0 saturated heterocycles. The van der Waals surface area contributed by atoms with Crippen molar-refractivity contribution in [2.45, 2.75) is 54.5 Å². The number of amides is 1. The number of fused-ring (bicyclic) bond motifs is 1. The summed E-state index contributed by atoms with van der Waals surface area (Å²) >= 11 is 0. The molecule has 3 rings (SSSR count). The zero-order valence-corrected chi connectivity index (χ0v) is 19.9. The summed E-state index contributed by atoms with van der Waals surface area (Å²) in [6, 6.07) is 4.51. The Hall–Kier alpha value is -3.68. The minimum Gasteiger partial charge on any atom is -0.462 e. The van der Waals surface area contributed by atoms with E-state index in [2.05, 4.69) is 5.32 Å². The molecule has 0 bridgehead atoms. The molecule has 1 unspecified atom stereocenters. The fourth-order valence-corrected chi connectivity index (χ4v) is 4.20. The van der Waals surface area contributed by atoms with Crippen molar-refractivity contribution in [2.24, 2.45) is 0 Å². The summed E-state index contributed by atoms with van der Waals surface area (Å²) in [4.78, 5) is 50.8. The van der Waals surface area contributed by atoms with Crippen molar-refractivity contribution >= 4 is 34.4 Å². The van der Waals surface area contributed by atoms with Gasteiger partial charge in [-0.25, -0.2) is 4.79 Å². The number of hydrogen-bond acceptors (Lipinski definition) is 6. The molecular formula is C25H28N2O6. The summed E-state index contributed by atoms with van der Waals surface area (Å²) in [5, 5.41) is 3.46. The number of rotatable bonds is 6. The highest BCUT2D eigenvalue weighted by atomic mass is 16.5. The molecule has 2 heterocycles. The predicted molar refractivity (Wildman–Crippen MR) is 125 cm³/mol. The van der Waals surface area contributed by atoms with Crippen LogP contribution in [-0.4, -0.2) is 28.8 Å². The molecule has 0 saturated carbocycles. The number of nitrogens with one attached hydrogen (secondary N) is 1. The molecule has 0 aliphatic carbocycles. The van der Waals surface area contributed by atoms with Gasteiger partial charge in [0.15, 0.2) is 5.78 Å². The number of esters is 1. The average molecular weight is 453 g/mol. The first kappa shape index (κ1) is 24.0. The number of anilines is 1. The molecule has 174 valence electrons. The number of nitrogens with zero attached hydrogens (tertiary/aromatic N) is 1. The summed E-state index contributed by atoms with van der Waals surface area (Å²) in [6.07, 6.45) is 0. The van der Waals surface area contributed by atoms with Crippen LogP contribution in [0.2, 0.25) is 0 Å². The molecule has 33 heavy (non-hydrogen) atoms. The number of benzene rings is 1. The molecule has 1 amide bonds. The van der Waals surface area contributed by atoms with Crippen molar-refractivity contribution in [3.8, 4) is 0 Å². The Balaban J connectivity index is 2.10. The van der Waals surface area contributed by atoms with E-state index in [1.54, 1.807) is 13.8 Å². The van der Waals surface area contributed by atoms with Crippen LogP contribution in [0.15, 0.2) is 27.4 Å². The van der Waals surface area contributed by atoms with Gasteiger partial charge in [0, 0.05) is 11.5 Å². The molecule has 0 aliphatic heterocycles. The maximum atomic E-state index is 13.2. The molecule has 3 aromatic rings. The molecule has 1 atom stereocenters. The van der Waals surface area contributed by atoms with Gasteiger partial charge in [-0.3, -0.25) is 24.3 Å².